The first-order valence-corrected chi connectivity index (χ1v) is 9.54. The van der Waals surface area contributed by atoms with Gasteiger partial charge in [-0.1, -0.05) is 41.8 Å². The molecule has 0 aromatic heterocycles. The lowest BCUT2D eigenvalue weighted by atomic mass is 10.0. The summed E-state index contributed by atoms with van der Waals surface area (Å²) in [5.41, 5.74) is 1.93. The molecule has 0 N–H and O–H groups in total. The molecule has 1 atom stereocenters. The highest BCUT2D eigenvalue weighted by molar-refractivity contribution is 6.30. The molecule has 0 bridgehead atoms. The highest BCUT2D eigenvalue weighted by atomic mass is 35.5. The van der Waals surface area contributed by atoms with E-state index in [9.17, 15) is 4.39 Å². The van der Waals surface area contributed by atoms with Crippen molar-refractivity contribution in [1.82, 2.24) is 9.80 Å². The molecule has 1 saturated heterocycles. The van der Waals surface area contributed by atoms with Crippen molar-refractivity contribution in [1.29, 1.82) is 0 Å². The van der Waals surface area contributed by atoms with Crippen molar-refractivity contribution >= 4 is 36.4 Å². The molecule has 3 nitrogen and oxygen atoms in total. The molecule has 0 radical (unpaired) electrons. The number of terminal acetylenes is 1. The zero-order valence-electron chi connectivity index (χ0n) is 16.1. The van der Waals surface area contributed by atoms with Gasteiger partial charge in [-0.2, -0.15) is 0 Å². The fraction of sp³-hybridized carbons (Fsp3) is 0.364. The van der Waals surface area contributed by atoms with Crippen LogP contribution in [-0.4, -0.2) is 55.7 Å². The van der Waals surface area contributed by atoms with Crippen LogP contribution in [0.3, 0.4) is 0 Å². The van der Waals surface area contributed by atoms with Crippen LogP contribution in [0.2, 0.25) is 5.02 Å². The Hall–Kier alpha value is -1.32. The van der Waals surface area contributed by atoms with Gasteiger partial charge >= 0.3 is 0 Å². The molecule has 29 heavy (non-hydrogen) atoms. The molecule has 1 unspecified atom stereocenters. The third-order valence-electron chi connectivity index (χ3n) is 4.82. The van der Waals surface area contributed by atoms with Gasteiger partial charge in [0.05, 0.1) is 13.2 Å². The second-order valence-corrected chi connectivity index (χ2v) is 7.11. The summed E-state index contributed by atoms with van der Waals surface area (Å²) in [7, 11) is 0. The van der Waals surface area contributed by atoms with E-state index in [4.69, 9.17) is 22.8 Å². The summed E-state index contributed by atoms with van der Waals surface area (Å²) in [6.07, 6.45) is 5.13. The first-order chi connectivity index (χ1) is 13.2. The summed E-state index contributed by atoms with van der Waals surface area (Å²) in [4.78, 5) is 4.67. The number of piperazine rings is 1. The summed E-state index contributed by atoms with van der Waals surface area (Å²) in [5.74, 6) is 2.45. The van der Waals surface area contributed by atoms with Gasteiger partial charge in [0.25, 0.3) is 0 Å². The number of nitrogens with zero attached hydrogens (tertiary/aromatic N) is 2. The Morgan fingerprint density at radius 1 is 0.931 bits per heavy atom. The Morgan fingerprint density at radius 2 is 1.45 bits per heavy atom. The molecule has 0 amide bonds. The molecule has 0 spiro atoms. The fourth-order valence-corrected chi connectivity index (χ4v) is 3.39. The van der Waals surface area contributed by atoms with Gasteiger partial charge in [0, 0.05) is 37.7 Å². The van der Waals surface area contributed by atoms with E-state index in [0.29, 0.717) is 18.2 Å². The standard InChI is InChI=1S/C22H24ClFN2O.2ClH/c1-2-11-25-12-14-26(15-13-25)16-17-27-22(18-3-7-20(23)8-4-18)19-5-9-21(24)10-6-19;;/h1,3-10,22H,11-17H2;2*1H. The lowest BCUT2D eigenvalue weighted by molar-refractivity contribution is 0.0469. The van der Waals surface area contributed by atoms with Crippen LogP contribution in [-0.2, 0) is 4.74 Å². The van der Waals surface area contributed by atoms with Crippen molar-refractivity contribution in [3.63, 3.8) is 0 Å². The predicted octanol–water partition coefficient (Wildman–Crippen LogP) is 4.68. The zero-order valence-corrected chi connectivity index (χ0v) is 18.5. The van der Waals surface area contributed by atoms with Gasteiger partial charge in [0.15, 0.2) is 0 Å². The van der Waals surface area contributed by atoms with Gasteiger partial charge in [-0.3, -0.25) is 9.80 Å². The van der Waals surface area contributed by atoms with E-state index in [-0.39, 0.29) is 36.7 Å². The van der Waals surface area contributed by atoms with Gasteiger partial charge in [-0.25, -0.2) is 4.39 Å². The van der Waals surface area contributed by atoms with E-state index in [1.807, 2.05) is 24.3 Å². The van der Waals surface area contributed by atoms with Crippen LogP contribution < -0.4 is 0 Å². The molecule has 3 rings (SSSR count). The van der Waals surface area contributed by atoms with Gasteiger partial charge < -0.3 is 4.74 Å². The van der Waals surface area contributed by atoms with Crippen LogP contribution in [0.25, 0.3) is 0 Å². The van der Waals surface area contributed by atoms with Crippen LogP contribution in [0.4, 0.5) is 4.39 Å². The molecule has 2 aromatic rings. The molecule has 7 heteroatoms. The average molecular weight is 460 g/mol. The summed E-state index contributed by atoms with van der Waals surface area (Å²) >= 11 is 6.01. The van der Waals surface area contributed by atoms with Gasteiger partial charge in [0.2, 0.25) is 0 Å². The average Bonchev–Trinajstić information content (AvgIpc) is 2.69. The largest absolute Gasteiger partial charge is 0.367 e. The van der Waals surface area contributed by atoms with Crippen molar-refractivity contribution in [3.8, 4) is 12.3 Å². The van der Waals surface area contributed by atoms with E-state index >= 15 is 0 Å². The van der Waals surface area contributed by atoms with Crippen molar-refractivity contribution in [3.05, 3.63) is 70.5 Å². The fourth-order valence-electron chi connectivity index (χ4n) is 3.26. The van der Waals surface area contributed by atoms with Crippen LogP contribution >= 0.6 is 36.4 Å². The molecule has 1 fully saturated rings. The van der Waals surface area contributed by atoms with Crippen molar-refractivity contribution < 1.29 is 9.13 Å². The lowest BCUT2D eigenvalue weighted by Crippen LogP contribution is -2.47. The first kappa shape index (κ1) is 25.7. The van der Waals surface area contributed by atoms with E-state index in [2.05, 4.69) is 15.7 Å². The van der Waals surface area contributed by atoms with E-state index in [1.165, 1.54) is 12.1 Å². The van der Waals surface area contributed by atoms with E-state index in [1.54, 1.807) is 12.1 Å². The Balaban J connectivity index is 0.00000210. The monoisotopic (exact) mass is 458 g/mol. The number of hydrogen-bond acceptors (Lipinski definition) is 3. The highest BCUT2D eigenvalue weighted by Gasteiger charge is 2.18. The van der Waals surface area contributed by atoms with Crippen molar-refractivity contribution in [2.75, 3.05) is 45.9 Å². The van der Waals surface area contributed by atoms with Crippen LogP contribution in [0, 0.1) is 18.2 Å². The number of halogens is 4. The minimum atomic E-state index is -0.251. The SMILES string of the molecule is C#CCN1CCN(CCOC(c2ccc(F)cc2)c2ccc(Cl)cc2)CC1.Cl.Cl. The molecule has 158 valence electrons. The zero-order chi connectivity index (χ0) is 19.1. The summed E-state index contributed by atoms with van der Waals surface area (Å²) in [6.45, 7) is 6.13. The number of hydrogen-bond donors (Lipinski definition) is 0. The van der Waals surface area contributed by atoms with Crippen LogP contribution in [0.1, 0.15) is 17.2 Å². The summed E-state index contributed by atoms with van der Waals surface area (Å²) in [5, 5.41) is 0.682. The van der Waals surface area contributed by atoms with Gasteiger partial charge in [-0.15, -0.1) is 31.2 Å². The van der Waals surface area contributed by atoms with Crippen molar-refractivity contribution in [2.45, 2.75) is 6.10 Å². The Morgan fingerprint density at radius 3 is 2.00 bits per heavy atom. The Labute approximate surface area is 190 Å². The smallest absolute Gasteiger partial charge is 0.123 e. The van der Waals surface area contributed by atoms with Gasteiger partial charge in [-0.05, 0) is 35.4 Å². The molecule has 1 heterocycles. The van der Waals surface area contributed by atoms with Gasteiger partial charge in [0.1, 0.15) is 11.9 Å². The molecule has 0 saturated carbocycles. The maximum atomic E-state index is 13.3. The minimum absolute atomic E-state index is 0. The minimum Gasteiger partial charge on any atom is -0.367 e. The summed E-state index contributed by atoms with van der Waals surface area (Å²) < 4.78 is 19.5. The first-order valence-electron chi connectivity index (χ1n) is 9.16. The van der Waals surface area contributed by atoms with Crippen LogP contribution in [0.5, 0.6) is 0 Å². The summed E-state index contributed by atoms with van der Waals surface area (Å²) in [6, 6.07) is 14.1. The molecular formula is C22H26Cl3FN2O. The predicted molar refractivity (Wildman–Crippen MR) is 122 cm³/mol. The molecule has 2 aromatic carbocycles. The van der Waals surface area contributed by atoms with Crippen LogP contribution in [0.15, 0.2) is 48.5 Å². The quantitative estimate of drug-likeness (QED) is 0.559. The number of rotatable bonds is 7. The lowest BCUT2D eigenvalue weighted by Gasteiger charge is -2.33. The van der Waals surface area contributed by atoms with E-state index in [0.717, 1.165) is 43.9 Å². The highest BCUT2D eigenvalue weighted by Crippen LogP contribution is 2.27. The molecular weight excluding hydrogens is 434 g/mol. The molecule has 0 aliphatic carbocycles. The topological polar surface area (TPSA) is 15.7 Å². The Bertz CT molecular complexity index is 712. The maximum Gasteiger partial charge on any atom is 0.123 e. The number of benzene rings is 2. The number of ether oxygens (including phenoxy) is 1. The maximum absolute atomic E-state index is 13.3. The normalized spacial score (nSPS) is 15.6. The Kier molecular flexibility index (Phi) is 11.6. The second kappa shape index (κ2) is 13.1. The third kappa shape index (κ3) is 7.79. The second-order valence-electron chi connectivity index (χ2n) is 6.68. The molecule has 1 aliphatic rings. The molecule has 1 aliphatic heterocycles. The van der Waals surface area contributed by atoms with E-state index < -0.39 is 0 Å². The third-order valence-corrected chi connectivity index (χ3v) is 5.07. The van der Waals surface area contributed by atoms with Crippen molar-refractivity contribution in [2.24, 2.45) is 0 Å².